The Labute approximate surface area is 306 Å². The van der Waals surface area contributed by atoms with Gasteiger partial charge in [0.05, 0.1) is 42.4 Å². The lowest BCUT2D eigenvalue weighted by atomic mass is 9.86. The maximum Gasteiger partial charge on any atom is 0.407 e. The van der Waals surface area contributed by atoms with Crippen LogP contribution in [0.25, 0.3) is 0 Å². The second-order valence-corrected chi connectivity index (χ2v) is 16.7. The van der Waals surface area contributed by atoms with E-state index in [2.05, 4.69) is 5.32 Å². The fourth-order valence-corrected chi connectivity index (χ4v) is 8.86. The lowest BCUT2D eigenvalue weighted by Gasteiger charge is -2.43. The predicted molar refractivity (Wildman–Crippen MR) is 188 cm³/mol. The number of hydrogen-bond acceptors (Lipinski definition) is 11. The number of carbonyl (C=O) groups excluding carboxylic acids is 2. The summed E-state index contributed by atoms with van der Waals surface area (Å²) in [5.41, 5.74) is 0.220. The summed E-state index contributed by atoms with van der Waals surface area (Å²) in [7, 11) is -4.25. The molecule has 2 aromatic rings. The molecule has 15 heteroatoms. The molecule has 3 heterocycles. The third-order valence-corrected chi connectivity index (χ3v) is 11.6. The molecule has 2 N–H and O–H groups in total. The van der Waals surface area contributed by atoms with E-state index in [0.29, 0.717) is 37.5 Å². The summed E-state index contributed by atoms with van der Waals surface area (Å²) in [6.07, 6.45) is -0.517. The molecule has 0 aromatic heterocycles. The van der Waals surface area contributed by atoms with Crippen molar-refractivity contribution in [2.75, 3.05) is 39.6 Å². The number of benzene rings is 2. The van der Waals surface area contributed by atoms with Gasteiger partial charge in [0.1, 0.15) is 6.09 Å². The Kier molecular flexibility index (Phi) is 13.3. The Bertz CT molecular complexity index is 1610. The van der Waals surface area contributed by atoms with Crippen LogP contribution in [0.3, 0.4) is 0 Å². The number of sulfonamides is 1. The highest BCUT2D eigenvalue weighted by Crippen LogP contribution is 2.38. The minimum atomic E-state index is -4.25. The largest absolute Gasteiger partial charge is 0.530 e. The van der Waals surface area contributed by atoms with Gasteiger partial charge < -0.3 is 48.9 Å². The van der Waals surface area contributed by atoms with E-state index in [1.807, 2.05) is 44.2 Å². The number of alkyl carbamates (subject to hydrolysis) is 1. The van der Waals surface area contributed by atoms with Gasteiger partial charge in [-0.2, -0.15) is 4.31 Å². The van der Waals surface area contributed by atoms with Gasteiger partial charge in [-0.3, -0.25) is 0 Å². The van der Waals surface area contributed by atoms with Crippen molar-refractivity contribution in [3.63, 3.8) is 0 Å². The van der Waals surface area contributed by atoms with Crippen LogP contribution in [0.15, 0.2) is 53.4 Å². The molecule has 52 heavy (non-hydrogen) atoms. The van der Waals surface area contributed by atoms with Crippen LogP contribution in [-0.2, 0) is 30.7 Å². The number of rotatable bonds is 18. The first-order valence-electron chi connectivity index (χ1n) is 18.0. The maximum absolute atomic E-state index is 14.5. The van der Waals surface area contributed by atoms with Crippen molar-refractivity contribution in [2.45, 2.75) is 102 Å². The van der Waals surface area contributed by atoms with E-state index in [-0.39, 0.29) is 49.8 Å². The molecular weight excluding hydrogens is 694 g/mol. The molecule has 2 fully saturated rings. The molecule has 0 bridgehead atoms. The second kappa shape index (κ2) is 17.5. The number of amides is 2. The third kappa shape index (κ3) is 10.1. The van der Waals surface area contributed by atoms with Gasteiger partial charge in [0.15, 0.2) is 17.8 Å². The van der Waals surface area contributed by atoms with Crippen LogP contribution in [0.4, 0.5) is 9.59 Å². The van der Waals surface area contributed by atoms with Crippen molar-refractivity contribution in [1.29, 1.82) is 0 Å². The van der Waals surface area contributed by atoms with E-state index in [4.69, 9.17) is 23.7 Å². The molecule has 5 rings (SSSR count). The smallest absolute Gasteiger partial charge is 0.407 e. The van der Waals surface area contributed by atoms with E-state index < -0.39 is 52.1 Å². The minimum Gasteiger partial charge on any atom is -0.530 e. The highest BCUT2D eigenvalue weighted by atomic mass is 32.2. The molecule has 0 radical (unpaired) electrons. The first kappa shape index (κ1) is 39.6. The zero-order chi connectivity index (χ0) is 37.5. The summed E-state index contributed by atoms with van der Waals surface area (Å²) in [4.78, 5) is 25.9. The van der Waals surface area contributed by atoms with E-state index in [0.717, 1.165) is 29.7 Å². The zero-order valence-corrected chi connectivity index (χ0v) is 31.2. The average molecular weight is 747 g/mol. The lowest BCUT2D eigenvalue weighted by molar-refractivity contribution is -0.273. The first-order valence-corrected chi connectivity index (χ1v) is 19.5. The summed E-state index contributed by atoms with van der Waals surface area (Å²) in [6, 6.07) is 11.9. The van der Waals surface area contributed by atoms with Crippen LogP contribution in [0.2, 0.25) is 0 Å². The molecule has 2 amide bonds. The topological polar surface area (TPSA) is 176 Å². The third-order valence-electron chi connectivity index (χ3n) is 9.78. The van der Waals surface area contributed by atoms with Gasteiger partial charge in [-0.25, -0.2) is 13.2 Å². The second-order valence-electron chi connectivity index (χ2n) is 14.8. The summed E-state index contributed by atoms with van der Waals surface area (Å²) in [6.45, 7) is 8.07. The van der Waals surface area contributed by atoms with Crippen molar-refractivity contribution in [1.82, 2.24) is 14.5 Å². The highest BCUT2D eigenvalue weighted by Gasteiger charge is 2.47. The number of fused-ring (bicyclic) bond motifs is 2. The normalized spacial score (nSPS) is 20.9. The molecule has 3 aliphatic heterocycles. The number of nitrogens with zero attached hydrogens (tertiary/aromatic N) is 2. The number of unbranched alkanes of at least 4 members (excludes halogenated alkanes) is 2. The van der Waals surface area contributed by atoms with Gasteiger partial charge in [0.2, 0.25) is 16.8 Å². The molecule has 5 atom stereocenters. The van der Waals surface area contributed by atoms with E-state index in [1.165, 1.54) is 22.5 Å². The molecule has 2 saturated heterocycles. The summed E-state index contributed by atoms with van der Waals surface area (Å²) < 4.78 is 57.6. The lowest BCUT2D eigenvalue weighted by Crippen LogP contribution is -2.61. The standard InChI is InChI=1S/C37H53N3O11S/c1-25(2)51-35(42)38-17-10-6-9-16-37(3,4)23-39(52(45,46)27-13-14-32-33(20-27)50-24-49-32)21-31(41)29(19-26-11-7-5-8-12-26)40(36(43)44)30-22-48-34-28(30)15-18-47-34/h5,7-8,11-14,20,25,28-31,34,41H,6,9-10,15-19,21-24H2,1-4H3,(H,38,42)(H,43,44)/p-1/t28-,29-,30-,31+,34+/m0/s1. The van der Waals surface area contributed by atoms with Crippen molar-refractivity contribution in [2.24, 2.45) is 11.3 Å². The highest BCUT2D eigenvalue weighted by molar-refractivity contribution is 7.89. The molecule has 0 spiro atoms. The number of carboxylic acid groups (broad SMARTS) is 1. The van der Waals surface area contributed by atoms with Crippen LogP contribution in [0.5, 0.6) is 11.5 Å². The SMILES string of the molecule is CC(C)OC(=O)NCCCCCC(C)(C)CN(C[C@@H](O)[C@H](Cc1ccccc1)N(C(=O)[O-])[C@H]1CO[C@H]2OCC[C@H]21)S(=O)(=O)c1ccc2c(c1)OCO2. The minimum absolute atomic E-state index is 0.0271. The molecule has 0 aliphatic carbocycles. The Morgan fingerprint density at radius 1 is 1.06 bits per heavy atom. The van der Waals surface area contributed by atoms with Gasteiger partial charge in [-0.15, -0.1) is 0 Å². The molecule has 3 aliphatic rings. The van der Waals surface area contributed by atoms with Gasteiger partial charge in [0.25, 0.3) is 0 Å². The number of aliphatic hydroxyl groups is 1. The quantitative estimate of drug-likeness (QED) is 0.214. The van der Waals surface area contributed by atoms with Crippen LogP contribution in [0.1, 0.15) is 65.4 Å². The molecule has 0 saturated carbocycles. The molecule has 0 unspecified atom stereocenters. The fourth-order valence-electron chi connectivity index (χ4n) is 7.19. The zero-order valence-electron chi connectivity index (χ0n) is 30.4. The Morgan fingerprint density at radius 3 is 2.54 bits per heavy atom. The van der Waals surface area contributed by atoms with Gasteiger partial charge >= 0.3 is 6.09 Å². The number of ether oxygens (including phenoxy) is 5. The summed E-state index contributed by atoms with van der Waals surface area (Å²) >= 11 is 0. The van der Waals surface area contributed by atoms with Crippen molar-refractivity contribution < 1.29 is 51.9 Å². The number of nitrogens with one attached hydrogen (secondary N) is 1. The van der Waals surface area contributed by atoms with E-state index >= 15 is 0 Å². The van der Waals surface area contributed by atoms with Crippen LogP contribution in [0, 0.1) is 11.3 Å². The molecular formula is C37H52N3O11S-. The fraction of sp³-hybridized carbons (Fsp3) is 0.622. The van der Waals surface area contributed by atoms with Crippen molar-refractivity contribution in [3.05, 3.63) is 54.1 Å². The van der Waals surface area contributed by atoms with Gasteiger partial charge in [-0.1, -0.05) is 57.0 Å². The average Bonchev–Trinajstić information content (AvgIpc) is 3.84. The Hall–Kier alpha value is -3.63. The molecule has 2 aromatic carbocycles. The number of hydrogen-bond donors (Lipinski definition) is 2. The Morgan fingerprint density at radius 2 is 1.81 bits per heavy atom. The van der Waals surface area contributed by atoms with Crippen LogP contribution < -0.4 is 19.9 Å². The van der Waals surface area contributed by atoms with Crippen LogP contribution >= 0.6 is 0 Å². The summed E-state index contributed by atoms with van der Waals surface area (Å²) in [5, 5.41) is 27.8. The molecule has 14 nitrogen and oxygen atoms in total. The number of aliphatic hydroxyl groups excluding tert-OH is 1. The van der Waals surface area contributed by atoms with Gasteiger partial charge in [0, 0.05) is 31.6 Å². The van der Waals surface area contributed by atoms with Gasteiger partial charge in [-0.05, 0) is 62.6 Å². The van der Waals surface area contributed by atoms with Crippen LogP contribution in [-0.4, -0.2) is 105 Å². The number of carbonyl (C=O) groups is 2. The Balaban J connectivity index is 1.38. The van der Waals surface area contributed by atoms with E-state index in [9.17, 15) is 28.2 Å². The maximum atomic E-state index is 14.5. The van der Waals surface area contributed by atoms with E-state index in [1.54, 1.807) is 13.8 Å². The van der Waals surface area contributed by atoms with Crippen molar-refractivity contribution >= 4 is 22.2 Å². The summed E-state index contributed by atoms with van der Waals surface area (Å²) in [5.74, 6) is 0.483. The first-order chi connectivity index (χ1) is 24.7. The van der Waals surface area contributed by atoms with Crippen molar-refractivity contribution in [3.8, 4) is 11.5 Å². The molecule has 288 valence electrons. The predicted octanol–water partition coefficient (Wildman–Crippen LogP) is 3.51. The monoisotopic (exact) mass is 746 g/mol.